The normalized spacial score (nSPS) is 17.7. The number of likely N-dealkylation sites (tertiary alicyclic amines) is 1. The summed E-state index contributed by atoms with van der Waals surface area (Å²) in [6.07, 6.45) is 8.54. The molecule has 2 aromatic rings. The Hall–Kier alpha value is -2.08. The van der Waals surface area contributed by atoms with Gasteiger partial charge in [0.05, 0.1) is 6.10 Å². The van der Waals surface area contributed by atoms with Crippen LogP contribution in [0.5, 0.6) is 5.75 Å². The average Bonchev–Trinajstić information content (AvgIpc) is 2.75. The van der Waals surface area contributed by atoms with E-state index in [1.165, 1.54) is 5.56 Å². The van der Waals surface area contributed by atoms with Crippen molar-refractivity contribution in [2.45, 2.75) is 64.7 Å². The van der Waals surface area contributed by atoms with Gasteiger partial charge in [-0.2, -0.15) is 0 Å². The molecule has 2 fully saturated rings. The van der Waals surface area contributed by atoms with Crippen molar-refractivity contribution < 1.29 is 18.8 Å². The summed E-state index contributed by atoms with van der Waals surface area (Å²) in [5.74, 6) is 2.75. The summed E-state index contributed by atoms with van der Waals surface area (Å²) in [7, 11) is 0. The third kappa shape index (κ3) is 6.71. The molecule has 1 aromatic carbocycles. The van der Waals surface area contributed by atoms with Crippen molar-refractivity contribution in [1.29, 1.82) is 0 Å². The molecule has 1 saturated carbocycles. The molecule has 6 heteroatoms. The highest BCUT2D eigenvalue weighted by Crippen LogP contribution is 2.45. The lowest BCUT2D eigenvalue weighted by molar-refractivity contribution is -0.688. The van der Waals surface area contributed by atoms with Gasteiger partial charge in [0.2, 0.25) is 0 Å². The minimum atomic E-state index is -0.430. The van der Waals surface area contributed by atoms with Gasteiger partial charge in [-0.3, -0.25) is 0 Å². The topological polar surface area (TPSA) is 42.6 Å². The van der Waals surface area contributed by atoms with Gasteiger partial charge in [0.1, 0.15) is 11.4 Å². The number of hydrogen-bond donors (Lipinski definition) is 0. The van der Waals surface area contributed by atoms with Gasteiger partial charge in [0, 0.05) is 36.2 Å². The largest absolute Gasteiger partial charge is 0.490 e. The van der Waals surface area contributed by atoms with E-state index in [0.29, 0.717) is 0 Å². The van der Waals surface area contributed by atoms with Gasteiger partial charge >= 0.3 is 6.09 Å². The number of ether oxygens (including phenoxy) is 2. The first-order chi connectivity index (χ1) is 15.3. The van der Waals surface area contributed by atoms with E-state index < -0.39 is 5.60 Å². The molecule has 1 spiro atoms. The highest BCUT2D eigenvalue weighted by atomic mass is 79.9. The quantitative estimate of drug-likeness (QED) is 0.403. The summed E-state index contributed by atoms with van der Waals surface area (Å²) in [5.41, 5.74) is 1.13. The molecule has 1 aliphatic heterocycles. The molecule has 0 bridgehead atoms. The standard InChI is InChI=1S/C25H33N2O3.CH3Br/c1-24(2,3)30-23(28)27-18-25(19-27)13-9-21(10-14-25)29-22-11-15-26(16-12-22)17-20-7-5-4-6-8-20;1-2/h4-8,11-12,15-16,21H,9-10,13-14,17-19H2,1-3H3;1H3/q+1;. The first kappa shape index (κ1) is 24.6. The number of rotatable bonds is 4. The molecule has 0 unspecified atom stereocenters. The van der Waals surface area contributed by atoms with Crippen LogP contribution in [0.1, 0.15) is 52.0 Å². The van der Waals surface area contributed by atoms with Crippen LogP contribution in [0.4, 0.5) is 4.79 Å². The van der Waals surface area contributed by atoms with Crippen LogP contribution in [0.25, 0.3) is 0 Å². The summed E-state index contributed by atoms with van der Waals surface area (Å²) in [5, 5.41) is 0. The Balaban J connectivity index is 0.00000141. The number of hydrogen-bond acceptors (Lipinski definition) is 3. The molecule has 2 heterocycles. The van der Waals surface area contributed by atoms with Crippen molar-refractivity contribution in [2.75, 3.05) is 18.9 Å². The summed E-state index contributed by atoms with van der Waals surface area (Å²) in [6.45, 7) is 8.24. The number of carbonyl (C=O) groups is 1. The van der Waals surface area contributed by atoms with Gasteiger partial charge in [-0.1, -0.05) is 46.3 Å². The van der Waals surface area contributed by atoms with Crippen LogP contribution in [0.2, 0.25) is 0 Å². The zero-order valence-electron chi connectivity index (χ0n) is 19.7. The first-order valence-corrected chi connectivity index (χ1v) is 12.9. The maximum atomic E-state index is 12.2. The van der Waals surface area contributed by atoms with E-state index in [9.17, 15) is 4.79 Å². The van der Waals surface area contributed by atoms with E-state index >= 15 is 0 Å². The Kier molecular flexibility index (Phi) is 8.21. The molecule has 2 aliphatic rings. The molecule has 5 nitrogen and oxygen atoms in total. The predicted octanol–water partition coefficient (Wildman–Crippen LogP) is 5.59. The first-order valence-electron chi connectivity index (χ1n) is 11.4. The smallest absolute Gasteiger partial charge is 0.410 e. The summed E-state index contributed by atoms with van der Waals surface area (Å²) < 4.78 is 13.9. The molecule has 0 atom stereocenters. The highest BCUT2D eigenvalue weighted by Gasteiger charge is 2.48. The van der Waals surface area contributed by atoms with Gasteiger partial charge in [0.25, 0.3) is 0 Å². The lowest BCUT2D eigenvalue weighted by Gasteiger charge is -2.53. The Bertz CT molecular complexity index is 849. The van der Waals surface area contributed by atoms with Crippen molar-refractivity contribution >= 4 is 22.0 Å². The molecule has 1 saturated heterocycles. The fourth-order valence-corrected chi connectivity index (χ4v) is 4.47. The molecule has 1 aromatic heterocycles. The molecular weight excluding hydrogens is 468 g/mol. The van der Waals surface area contributed by atoms with E-state index in [1.54, 1.807) is 0 Å². The van der Waals surface area contributed by atoms with Crippen LogP contribution in [-0.2, 0) is 11.3 Å². The number of pyridine rings is 1. The molecule has 0 radical (unpaired) electrons. The Morgan fingerprint density at radius 1 is 1.06 bits per heavy atom. The Morgan fingerprint density at radius 3 is 2.22 bits per heavy atom. The van der Waals surface area contributed by atoms with Crippen LogP contribution < -0.4 is 9.30 Å². The molecule has 0 N–H and O–H groups in total. The van der Waals surface area contributed by atoms with E-state index in [-0.39, 0.29) is 17.6 Å². The summed E-state index contributed by atoms with van der Waals surface area (Å²) >= 11 is 2.94. The summed E-state index contributed by atoms with van der Waals surface area (Å²) in [6, 6.07) is 14.6. The van der Waals surface area contributed by atoms with Gasteiger partial charge in [-0.05, 0) is 52.3 Å². The van der Waals surface area contributed by atoms with Gasteiger partial charge < -0.3 is 14.4 Å². The second-order valence-corrected chi connectivity index (χ2v) is 9.85. The minimum Gasteiger partial charge on any atom is -0.490 e. The Labute approximate surface area is 200 Å². The van der Waals surface area contributed by atoms with Crippen LogP contribution in [-0.4, -0.2) is 41.6 Å². The molecule has 1 aliphatic carbocycles. The average molecular weight is 504 g/mol. The molecule has 32 heavy (non-hydrogen) atoms. The van der Waals surface area contributed by atoms with Crippen molar-refractivity contribution in [2.24, 2.45) is 5.41 Å². The maximum Gasteiger partial charge on any atom is 0.410 e. The van der Waals surface area contributed by atoms with Crippen molar-refractivity contribution in [3.8, 4) is 5.75 Å². The van der Waals surface area contributed by atoms with Crippen LogP contribution >= 0.6 is 15.9 Å². The number of carbonyl (C=O) groups excluding carboxylic acids is 1. The molecule has 1 amide bonds. The third-order valence-electron chi connectivity index (χ3n) is 6.07. The van der Waals surface area contributed by atoms with Crippen molar-refractivity contribution in [3.63, 3.8) is 0 Å². The fraction of sp³-hybridized carbons (Fsp3) is 0.538. The molecule has 174 valence electrons. The second kappa shape index (κ2) is 10.7. The van der Waals surface area contributed by atoms with Gasteiger partial charge in [-0.25, -0.2) is 9.36 Å². The number of amides is 1. The maximum absolute atomic E-state index is 12.2. The number of aromatic nitrogens is 1. The molecule has 4 rings (SSSR count). The van der Waals surface area contributed by atoms with E-state index in [2.05, 4.69) is 69.3 Å². The zero-order chi connectivity index (χ0) is 23.2. The van der Waals surface area contributed by atoms with Gasteiger partial charge in [0.15, 0.2) is 18.9 Å². The third-order valence-corrected chi connectivity index (χ3v) is 6.07. The molecular formula is C26H36BrN2O3+. The van der Waals surface area contributed by atoms with E-state index in [4.69, 9.17) is 9.47 Å². The van der Waals surface area contributed by atoms with E-state index in [0.717, 1.165) is 51.1 Å². The minimum absolute atomic E-state index is 0.181. The van der Waals surface area contributed by atoms with Crippen molar-refractivity contribution in [1.82, 2.24) is 4.90 Å². The Morgan fingerprint density at radius 2 is 1.66 bits per heavy atom. The lowest BCUT2D eigenvalue weighted by atomic mass is 9.68. The fourth-order valence-electron chi connectivity index (χ4n) is 4.47. The second-order valence-electron chi connectivity index (χ2n) is 9.85. The highest BCUT2D eigenvalue weighted by molar-refractivity contribution is 9.08. The van der Waals surface area contributed by atoms with Crippen LogP contribution in [0.3, 0.4) is 0 Å². The summed E-state index contributed by atoms with van der Waals surface area (Å²) in [4.78, 5) is 14.0. The predicted molar refractivity (Wildman–Crippen MR) is 130 cm³/mol. The number of nitrogens with zero attached hydrogens (tertiary/aromatic N) is 2. The van der Waals surface area contributed by atoms with Gasteiger partial charge in [-0.15, -0.1) is 0 Å². The number of alkyl halides is 1. The SMILES string of the molecule is CBr.CC(C)(C)OC(=O)N1CC2(CCC(Oc3cc[n+](Cc4ccccc4)cc3)CC2)C1. The monoisotopic (exact) mass is 503 g/mol. The van der Waals surface area contributed by atoms with E-state index in [1.807, 2.05) is 37.6 Å². The van der Waals surface area contributed by atoms with Crippen LogP contribution in [0.15, 0.2) is 54.9 Å². The van der Waals surface area contributed by atoms with Crippen molar-refractivity contribution in [3.05, 3.63) is 60.4 Å². The number of benzene rings is 1. The number of halogens is 1. The lowest BCUT2D eigenvalue weighted by Crippen LogP contribution is -2.60. The van der Waals surface area contributed by atoms with Crippen LogP contribution in [0, 0.1) is 5.41 Å². The zero-order valence-corrected chi connectivity index (χ0v) is 21.3.